The van der Waals surface area contributed by atoms with E-state index in [-0.39, 0.29) is 12.2 Å². The van der Waals surface area contributed by atoms with Crippen molar-refractivity contribution in [3.8, 4) is 0 Å². The van der Waals surface area contributed by atoms with E-state index in [1.54, 1.807) is 23.6 Å². The molecule has 0 spiro atoms. The van der Waals surface area contributed by atoms with Gasteiger partial charge in [-0.1, -0.05) is 29.3 Å². The molecule has 0 radical (unpaired) electrons. The topological polar surface area (TPSA) is 98.6 Å². The number of nitrogens with one attached hydrogen (secondary N) is 1. The molecule has 6 rings (SSSR count). The molecule has 3 heterocycles. The van der Waals surface area contributed by atoms with Gasteiger partial charge in [0.05, 0.1) is 30.0 Å². The lowest BCUT2D eigenvalue weighted by Gasteiger charge is -2.30. The summed E-state index contributed by atoms with van der Waals surface area (Å²) in [5, 5.41) is 3.73. The van der Waals surface area contributed by atoms with E-state index in [2.05, 4.69) is 16.4 Å². The van der Waals surface area contributed by atoms with Gasteiger partial charge in [-0.3, -0.25) is 4.98 Å². The molecule has 43 heavy (non-hydrogen) atoms. The highest BCUT2D eigenvalue weighted by molar-refractivity contribution is 6.31. The molecule has 2 fully saturated rings. The van der Waals surface area contributed by atoms with Crippen LogP contribution in [0, 0.1) is 0 Å². The Labute approximate surface area is 256 Å². The average molecular weight is 602 g/mol. The van der Waals surface area contributed by atoms with Gasteiger partial charge < -0.3 is 24.3 Å². The zero-order valence-corrected chi connectivity index (χ0v) is 25.6. The van der Waals surface area contributed by atoms with Crippen LogP contribution >= 0.6 is 11.6 Å². The number of benzene rings is 1. The zero-order valence-electron chi connectivity index (χ0n) is 24.9. The number of hydrogen-bond donors (Lipinski definition) is 1. The third kappa shape index (κ3) is 6.04. The van der Waals surface area contributed by atoms with Crippen LogP contribution in [0.15, 0.2) is 54.6 Å². The van der Waals surface area contributed by atoms with Crippen molar-refractivity contribution < 1.29 is 19.1 Å². The molecular weight excluding hydrogens is 566 g/mol. The van der Waals surface area contributed by atoms with Crippen molar-refractivity contribution in [2.45, 2.75) is 64.2 Å². The van der Waals surface area contributed by atoms with Crippen molar-refractivity contribution in [3.05, 3.63) is 87.7 Å². The number of aromatic nitrogens is 3. The molecule has 3 aliphatic rings. The van der Waals surface area contributed by atoms with Crippen LogP contribution in [0.1, 0.15) is 80.6 Å². The third-order valence-corrected chi connectivity index (χ3v) is 8.52. The standard InChI is InChI=1S/C33H36ClN5O4/c1-20(2)42-32(41)39-14-9-21(10-15-39)28-24-8-7-23(34)17-25(24)26(16-22-6-5-13-36-29(22)28)30(27-18-35-19-38(27)4)37-31(40)43-33(3)11-12-33/h5-8,13,16-20,30H,9-12,14-15H2,1-4H3,(H,37,40). The molecule has 10 heteroatoms. The first-order chi connectivity index (χ1) is 20.6. The highest BCUT2D eigenvalue weighted by Gasteiger charge is 2.42. The van der Waals surface area contributed by atoms with Crippen LogP contribution in [-0.4, -0.2) is 56.4 Å². The van der Waals surface area contributed by atoms with Crippen molar-refractivity contribution >= 4 is 41.0 Å². The summed E-state index contributed by atoms with van der Waals surface area (Å²) in [7, 11) is 1.90. The van der Waals surface area contributed by atoms with Gasteiger partial charge in [-0.25, -0.2) is 14.6 Å². The van der Waals surface area contributed by atoms with E-state index in [0.717, 1.165) is 52.1 Å². The third-order valence-electron chi connectivity index (χ3n) is 8.28. The molecule has 2 aliphatic carbocycles. The lowest BCUT2D eigenvalue weighted by molar-refractivity contribution is 0.0745. The fourth-order valence-corrected chi connectivity index (χ4v) is 5.95. The number of likely N-dealkylation sites (tertiary alicyclic amines) is 1. The molecule has 1 N–H and O–H groups in total. The van der Waals surface area contributed by atoms with E-state index in [0.29, 0.717) is 31.0 Å². The maximum absolute atomic E-state index is 13.3. The second-order valence-electron chi connectivity index (χ2n) is 12.0. The number of aryl methyl sites for hydroxylation is 1. The SMILES string of the molecule is CC(C)OC(=O)N1CCC(=C2c3ccc(Cl)cc3C(C(NC(=O)OC3(C)CC3)c3cncn3C)=Cc3cccnc32)CC1. The number of carbonyl (C=O) groups excluding carboxylic acids is 2. The van der Waals surface area contributed by atoms with Crippen molar-refractivity contribution in [1.29, 1.82) is 0 Å². The van der Waals surface area contributed by atoms with Crippen LogP contribution in [0.25, 0.3) is 17.2 Å². The molecule has 3 aromatic rings. The monoisotopic (exact) mass is 601 g/mol. The van der Waals surface area contributed by atoms with Crippen LogP contribution in [-0.2, 0) is 16.5 Å². The maximum Gasteiger partial charge on any atom is 0.410 e. The fourth-order valence-electron chi connectivity index (χ4n) is 5.78. The maximum atomic E-state index is 13.3. The summed E-state index contributed by atoms with van der Waals surface area (Å²) < 4.78 is 13.1. The summed E-state index contributed by atoms with van der Waals surface area (Å²) in [6.45, 7) is 6.77. The predicted molar refractivity (Wildman–Crippen MR) is 165 cm³/mol. The smallest absolute Gasteiger partial charge is 0.410 e. The first-order valence-electron chi connectivity index (χ1n) is 14.7. The molecule has 2 aromatic heterocycles. The Morgan fingerprint density at radius 2 is 1.88 bits per heavy atom. The van der Waals surface area contributed by atoms with Crippen LogP contribution in [0.2, 0.25) is 5.02 Å². The molecule has 224 valence electrons. The lowest BCUT2D eigenvalue weighted by Crippen LogP contribution is -2.38. The van der Waals surface area contributed by atoms with E-state index < -0.39 is 17.7 Å². The Morgan fingerprint density at radius 3 is 2.56 bits per heavy atom. The van der Waals surface area contributed by atoms with Gasteiger partial charge >= 0.3 is 12.2 Å². The molecule has 1 aromatic carbocycles. The van der Waals surface area contributed by atoms with Gasteiger partial charge in [-0.2, -0.15) is 0 Å². The lowest BCUT2D eigenvalue weighted by atomic mass is 9.86. The molecule has 1 atom stereocenters. The Morgan fingerprint density at radius 1 is 1.12 bits per heavy atom. The van der Waals surface area contributed by atoms with Crippen molar-refractivity contribution in [1.82, 2.24) is 24.8 Å². The summed E-state index contributed by atoms with van der Waals surface area (Å²) >= 11 is 6.65. The molecule has 9 nitrogen and oxygen atoms in total. The summed E-state index contributed by atoms with van der Waals surface area (Å²) in [5.41, 5.74) is 7.09. The Balaban J connectivity index is 1.46. The van der Waals surface area contributed by atoms with E-state index in [9.17, 15) is 9.59 Å². The second-order valence-corrected chi connectivity index (χ2v) is 12.4. The average Bonchev–Trinajstić information content (AvgIpc) is 3.58. The molecule has 1 unspecified atom stereocenters. The normalized spacial score (nSPS) is 17.8. The van der Waals surface area contributed by atoms with Crippen molar-refractivity contribution in [3.63, 3.8) is 0 Å². The number of piperidine rings is 1. The van der Waals surface area contributed by atoms with Gasteiger partial charge in [-0.05, 0) is 87.4 Å². The molecule has 2 amide bonds. The van der Waals surface area contributed by atoms with Crippen LogP contribution in [0.3, 0.4) is 0 Å². The fraction of sp³-hybridized carbons (Fsp3) is 0.394. The molecule has 1 saturated heterocycles. The number of alkyl carbamates (subject to hydrolysis) is 1. The first-order valence-corrected chi connectivity index (χ1v) is 15.1. The van der Waals surface area contributed by atoms with E-state index in [1.165, 1.54) is 5.57 Å². The minimum Gasteiger partial charge on any atom is -0.447 e. The zero-order chi connectivity index (χ0) is 30.3. The number of fused-ring (bicyclic) bond motifs is 2. The number of ether oxygens (including phenoxy) is 2. The van der Waals surface area contributed by atoms with Crippen LogP contribution in [0.4, 0.5) is 9.59 Å². The molecule has 0 bridgehead atoms. The molecular formula is C33H36ClN5O4. The van der Waals surface area contributed by atoms with Gasteiger partial charge in [0.1, 0.15) is 11.6 Å². The molecule has 1 aliphatic heterocycles. The Bertz CT molecular complexity index is 1630. The minimum absolute atomic E-state index is 0.170. The number of nitrogens with zero attached hydrogens (tertiary/aromatic N) is 4. The minimum atomic E-state index is -0.579. The van der Waals surface area contributed by atoms with Crippen molar-refractivity contribution in [2.75, 3.05) is 13.1 Å². The van der Waals surface area contributed by atoms with Gasteiger partial charge in [0.15, 0.2) is 0 Å². The number of carbonyl (C=O) groups is 2. The summed E-state index contributed by atoms with van der Waals surface area (Å²) in [5.74, 6) is 0. The second kappa shape index (κ2) is 11.5. The number of hydrogen-bond acceptors (Lipinski definition) is 6. The van der Waals surface area contributed by atoms with E-state index in [1.807, 2.05) is 62.7 Å². The number of halogens is 1. The van der Waals surface area contributed by atoms with Gasteiger partial charge in [0.25, 0.3) is 0 Å². The van der Waals surface area contributed by atoms with Crippen LogP contribution in [0.5, 0.6) is 0 Å². The molecule has 1 saturated carbocycles. The Kier molecular flexibility index (Phi) is 7.77. The highest BCUT2D eigenvalue weighted by atomic mass is 35.5. The predicted octanol–water partition coefficient (Wildman–Crippen LogP) is 6.79. The highest BCUT2D eigenvalue weighted by Crippen LogP contribution is 2.45. The van der Waals surface area contributed by atoms with Gasteiger partial charge in [0, 0.05) is 42.5 Å². The number of amides is 2. The van der Waals surface area contributed by atoms with Gasteiger partial charge in [-0.15, -0.1) is 0 Å². The van der Waals surface area contributed by atoms with Crippen LogP contribution < -0.4 is 5.32 Å². The summed E-state index contributed by atoms with van der Waals surface area (Å²) in [4.78, 5) is 36.9. The summed E-state index contributed by atoms with van der Waals surface area (Å²) in [6, 6.07) is 9.23. The largest absolute Gasteiger partial charge is 0.447 e. The van der Waals surface area contributed by atoms with Crippen molar-refractivity contribution in [2.24, 2.45) is 7.05 Å². The number of rotatable bonds is 5. The quantitative estimate of drug-likeness (QED) is 0.346. The van der Waals surface area contributed by atoms with Gasteiger partial charge in [0.2, 0.25) is 0 Å². The Hall–Kier alpha value is -4.11. The summed E-state index contributed by atoms with van der Waals surface area (Å²) in [6.07, 6.45) is 9.48. The van der Waals surface area contributed by atoms with E-state index in [4.69, 9.17) is 26.1 Å². The number of imidazole rings is 1. The number of pyridine rings is 1. The first kappa shape index (κ1) is 29.0. The van der Waals surface area contributed by atoms with E-state index >= 15 is 0 Å².